The molecule has 1 heterocycles. The third-order valence-electron chi connectivity index (χ3n) is 2.56. The Morgan fingerprint density at radius 1 is 1.38 bits per heavy atom. The van der Waals surface area contributed by atoms with Gasteiger partial charge in [-0.3, -0.25) is 10.7 Å². The summed E-state index contributed by atoms with van der Waals surface area (Å²) in [4.78, 5) is 20.6. The Balaban J connectivity index is 2.17. The average molecular weight is 432 g/mol. The molecule has 1 amide bonds. The van der Waals surface area contributed by atoms with Crippen molar-refractivity contribution in [1.29, 1.82) is 0 Å². The summed E-state index contributed by atoms with van der Waals surface area (Å²) >= 11 is 3.03. The van der Waals surface area contributed by atoms with Crippen LogP contribution >= 0.6 is 15.9 Å². The molecule has 2 aromatic rings. The molecule has 0 aliphatic heterocycles. The van der Waals surface area contributed by atoms with Crippen molar-refractivity contribution in [3.05, 3.63) is 34.2 Å². The van der Waals surface area contributed by atoms with Crippen LogP contribution in [0.2, 0.25) is 0 Å². The van der Waals surface area contributed by atoms with Crippen molar-refractivity contribution in [2.45, 2.75) is 26.4 Å². The maximum atomic E-state index is 13.3. The van der Waals surface area contributed by atoms with E-state index in [0.29, 0.717) is 0 Å². The number of ether oxygens (including phenoxy) is 1. The number of amides is 1. The van der Waals surface area contributed by atoms with Gasteiger partial charge in [0.05, 0.1) is 10.2 Å². The predicted molar refractivity (Wildman–Crippen MR) is 89.5 cm³/mol. The predicted octanol–water partition coefficient (Wildman–Crippen LogP) is 2.85. The van der Waals surface area contributed by atoms with Crippen molar-refractivity contribution in [1.82, 2.24) is 21.3 Å². The van der Waals surface area contributed by atoms with Gasteiger partial charge in [0.1, 0.15) is 11.4 Å². The smallest absolute Gasteiger partial charge is 0.441 e. The highest BCUT2D eigenvalue weighted by Gasteiger charge is 2.21. The molecule has 0 bridgehead atoms. The van der Waals surface area contributed by atoms with Crippen LogP contribution in [0.1, 0.15) is 26.5 Å². The number of halogens is 2. The lowest BCUT2D eigenvalue weighted by atomic mass is 10.2. The summed E-state index contributed by atoms with van der Waals surface area (Å²) in [5.74, 6) is -0.987. The van der Waals surface area contributed by atoms with Crippen LogP contribution in [0.4, 0.5) is 14.9 Å². The van der Waals surface area contributed by atoms with Crippen LogP contribution in [0, 0.1) is 5.82 Å². The van der Waals surface area contributed by atoms with E-state index in [-0.39, 0.29) is 27.6 Å². The van der Waals surface area contributed by atoms with E-state index in [4.69, 9.17) is 9.57 Å². The second kappa shape index (κ2) is 8.10. The van der Waals surface area contributed by atoms with E-state index in [1.807, 2.05) is 11.0 Å². The molecule has 12 heteroatoms. The summed E-state index contributed by atoms with van der Waals surface area (Å²) in [6, 6.07) is 3.92. The van der Waals surface area contributed by atoms with Crippen molar-refractivity contribution in [3.63, 3.8) is 0 Å². The highest BCUT2D eigenvalue weighted by molar-refractivity contribution is 9.10. The molecule has 0 unspecified atom stereocenters. The summed E-state index contributed by atoms with van der Waals surface area (Å²) in [5.41, 5.74) is 3.21. The van der Waals surface area contributed by atoms with Gasteiger partial charge in [-0.25, -0.2) is 18.8 Å². The van der Waals surface area contributed by atoms with Gasteiger partial charge in [-0.1, -0.05) is 0 Å². The lowest BCUT2D eigenvalue weighted by Gasteiger charge is -2.19. The van der Waals surface area contributed by atoms with Gasteiger partial charge in [0, 0.05) is 0 Å². The largest absolute Gasteiger partial charge is 0.442 e. The quantitative estimate of drug-likeness (QED) is 0.382. The molecule has 26 heavy (non-hydrogen) atoms. The number of carbonyl (C=O) groups is 1. The van der Waals surface area contributed by atoms with E-state index in [0.717, 1.165) is 0 Å². The number of hydroxylamine groups is 2. The zero-order chi connectivity index (χ0) is 19.3. The monoisotopic (exact) mass is 431 g/mol. The van der Waals surface area contributed by atoms with Crippen molar-refractivity contribution < 1.29 is 28.6 Å². The summed E-state index contributed by atoms with van der Waals surface area (Å²) in [6.45, 7) is 5.03. The summed E-state index contributed by atoms with van der Waals surface area (Å²) < 4.78 is 23.0. The van der Waals surface area contributed by atoms with E-state index < -0.39 is 17.5 Å². The SMILES string of the molecule is CC(C)(C)OC(=O)NOc1nonc1C(=Nc1ccc(F)c(Br)c1)NO. The normalized spacial score (nSPS) is 11.8. The average Bonchev–Trinajstić information content (AvgIpc) is 3.00. The van der Waals surface area contributed by atoms with E-state index in [9.17, 15) is 14.4 Å². The van der Waals surface area contributed by atoms with Crippen molar-refractivity contribution in [3.8, 4) is 5.88 Å². The Kier molecular flexibility index (Phi) is 6.10. The number of hydrogen-bond acceptors (Lipinski definition) is 8. The van der Waals surface area contributed by atoms with Crippen molar-refractivity contribution >= 4 is 33.5 Å². The first-order valence-corrected chi connectivity index (χ1v) is 7.91. The Labute approximate surface area is 155 Å². The molecule has 0 aliphatic carbocycles. The molecule has 1 aromatic carbocycles. The van der Waals surface area contributed by atoms with Crippen molar-refractivity contribution in [2.24, 2.45) is 4.99 Å². The fraction of sp³-hybridized carbons (Fsp3) is 0.286. The molecular weight excluding hydrogens is 417 g/mol. The Morgan fingerprint density at radius 3 is 2.73 bits per heavy atom. The molecular formula is C14H15BrFN5O5. The van der Waals surface area contributed by atoms with Crippen LogP contribution in [0.3, 0.4) is 0 Å². The Bertz CT molecular complexity index is 820. The summed E-state index contributed by atoms with van der Waals surface area (Å²) in [5, 5.41) is 16.3. The molecule has 0 saturated heterocycles. The number of amidine groups is 1. The number of rotatable bonds is 4. The molecule has 140 valence electrons. The molecule has 10 nitrogen and oxygen atoms in total. The van der Waals surface area contributed by atoms with Gasteiger partial charge in [0.15, 0.2) is 5.84 Å². The highest BCUT2D eigenvalue weighted by Crippen LogP contribution is 2.23. The van der Waals surface area contributed by atoms with Crippen LogP contribution in [0.25, 0.3) is 0 Å². The minimum atomic E-state index is -0.871. The molecule has 0 saturated carbocycles. The first-order valence-electron chi connectivity index (χ1n) is 7.12. The number of aromatic nitrogens is 2. The first-order chi connectivity index (χ1) is 12.2. The minimum absolute atomic E-state index is 0.149. The fourth-order valence-electron chi connectivity index (χ4n) is 1.60. The molecule has 0 atom stereocenters. The standard InChI is InChI=1S/C14H15BrFN5O5/c1-14(2,3)24-13(22)21-25-12-10(19-26-20-12)11(18-23)17-7-4-5-9(16)8(15)6-7/h4-6,23H,1-3H3,(H,17,18)(H,21,22). The van der Waals surface area contributed by atoms with Gasteiger partial charge < -0.3 is 9.57 Å². The lowest BCUT2D eigenvalue weighted by molar-refractivity contribution is 0.0271. The number of benzene rings is 1. The first kappa shape index (κ1) is 19.6. The highest BCUT2D eigenvalue weighted by atomic mass is 79.9. The van der Waals surface area contributed by atoms with Gasteiger partial charge in [-0.05, 0) is 65.2 Å². The van der Waals surface area contributed by atoms with E-state index in [2.05, 4.69) is 35.9 Å². The van der Waals surface area contributed by atoms with Crippen LogP contribution in [-0.4, -0.2) is 33.1 Å². The van der Waals surface area contributed by atoms with Crippen LogP contribution in [0.5, 0.6) is 5.88 Å². The topological polar surface area (TPSA) is 131 Å². The lowest BCUT2D eigenvalue weighted by Crippen LogP contribution is -2.35. The second-order valence-corrected chi connectivity index (χ2v) is 6.65. The van der Waals surface area contributed by atoms with Gasteiger partial charge >= 0.3 is 12.0 Å². The zero-order valence-corrected chi connectivity index (χ0v) is 15.5. The number of nitrogens with zero attached hydrogens (tertiary/aromatic N) is 3. The Hall–Kier alpha value is -2.73. The third kappa shape index (κ3) is 5.39. The number of hydrogen-bond donors (Lipinski definition) is 3. The van der Waals surface area contributed by atoms with Gasteiger partial charge in [-0.2, -0.15) is 5.48 Å². The molecule has 2 rings (SSSR count). The van der Waals surface area contributed by atoms with Crippen molar-refractivity contribution in [2.75, 3.05) is 0 Å². The number of aliphatic imine (C=N–C) groups is 1. The molecule has 0 radical (unpaired) electrons. The molecule has 0 aliphatic rings. The minimum Gasteiger partial charge on any atom is -0.442 e. The molecule has 0 fully saturated rings. The Morgan fingerprint density at radius 2 is 2.12 bits per heavy atom. The van der Waals surface area contributed by atoms with Crippen LogP contribution < -0.4 is 15.8 Å². The maximum Gasteiger partial charge on any atom is 0.441 e. The summed E-state index contributed by atoms with van der Waals surface area (Å²) in [6.07, 6.45) is -0.871. The third-order valence-corrected chi connectivity index (χ3v) is 3.17. The second-order valence-electron chi connectivity index (χ2n) is 5.79. The van der Waals surface area contributed by atoms with E-state index >= 15 is 0 Å². The fourth-order valence-corrected chi connectivity index (χ4v) is 1.96. The number of carbonyl (C=O) groups excluding carboxylic acids is 1. The van der Waals surface area contributed by atoms with E-state index in [1.165, 1.54) is 18.2 Å². The van der Waals surface area contributed by atoms with Crippen LogP contribution in [0.15, 0.2) is 32.3 Å². The number of nitrogens with one attached hydrogen (secondary N) is 2. The van der Waals surface area contributed by atoms with Gasteiger partial charge in [0.2, 0.25) is 5.69 Å². The van der Waals surface area contributed by atoms with Gasteiger partial charge in [-0.15, -0.1) is 0 Å². The molecule has 1 aromatic heterocycles. The summed E-state index contributed by atoms with van der Waals surface area (Å²) in [7, 11) is 0. The van der Waals surface area contributed by atoms with E-state index in [1.54, 1.807) is 20.8 Å². The molecule has 0 spiro atoms. The molecule has 3 N–H and O–H groups in total. The zero-order valence-electron chi connectivity index (χ0n) is 13.9. The maximum absolute atomic E-state index is 13.3. The van der Waals surface area contributed by atoms with Crippen LogP contribution in [-0.2, 0) is 4.74 Å². The van der Waals surface area contributed by atoms with Gasteiger partial charge in [0.25, 0.3) is 0 Å².